The summed E-state index contributed by atoms with van der Waals surface area (Å²) in [5, 5.41) is 3.00. The lowest BCUT2D eigenvalue weighted by molar-refractivity contribution is 0.0657. The minimum atomic E-state index is -0.255. The molecule has 0 spiro atoms. The molecule has 1 aliphatic rings. The summed E-state index contributed by atoms with van der Waals surface area (Å²) in [5.41, 5.74) is 0.577. The number of imidazole rings is 1. The summed E-state index contributed by atoms with van der Waals surface area (Å²) in [6, 6.07) is 5.28. The Morgan fingerprint density at radius 3 is 2.48 bits per heavy atom. The number of rotatable bonds is 4. The SMILES string of the molecule is C[C@@H](NC(=O)c1cn(C)c(=O)n1C)C1CCN(C(=O)c2ccccn2)CC1. The van der Waals surface area contributed by atoms with Crippen LogP contribution in [0.3, 0.4) is 0 Å². The first-order chi connectivity index (χ1) is 12.9. The van der Waals surface area contributed by atoms with E-state index in [0.717, 1.165) is 12.8 Å². The summed E-state index contributed by atoms with van der Waals surface area (Å²) >= 11 is 0. The van der Waals surface area contributed by atoms with Crippen LogP contribution in [0.25, 0.3) is 0 Å². The number of nitrogens with one attached hydrogen (secondary N) is 1. The van der Waals surface area contributed by atoms with E-state index in [1.807, 2.05) is 17.9 Å². The number of carbonyl (C=O) groups excluding carboxylic acids is 2. The lowest BCUT2D eigenvalue weighted by Crippen LogP contribution is -2.46. The number of pyridine rings is 1. The second-order valence-electron chi connectivity index (χ2n) is 7.07. The van der Waals surface area contributed by atoms with Crippen molar-refractivity contribution in [3.05, 3.63) is 52.5 Å². The number of likely N-dealkylation sites (tertiary alicyclic amines) is 1. The van der Waals surface area contributed by atoms with Gasteiger partial charge in [-0.15, -0.1) is 0 Å². The van der Waals surface area contributed by atoms with Crippen LogP contribution in [-0.2, 0) is 14.1 Å². The molecule has 3 heterocycles. The van der Waals surface area contributed by atoms with Crippen molar-refractivity contribution in [1.29, 1.82) is 0 Å². The van der Waals surface area contributed by atoms with Crippen molar-refractivity contribution in [1.82, 2.24) is 24.3 Å². The van der Waals surface area contributed by atoms with Crippen molar-refractivity contribution in [3.63, 3.8) is 0 Å². The van der Waals surface area contributed by atoms with Crippen molar-refractivity contribution in [2.45, 2.75) is 25.8 Å². The monoisotopic (exact) mass is 371 g/mol. The van der Waals surface area contributed by atoms with E-state index in [-0.39, 0.29) is 29.5 Å². The molecule has 8 nitrogen and oxygen atoms in total. The standard InChI is InChI=1S/C19H25N5O3/c1-13(21-17(25)16-12-22(2)19(27)23(16)3)14-7-10-24(11-8-14)18(26)15-6-4-5-9-20-15/h4-6,9,12-14H,7-8,10-11H2,1-3H3,(H,21,25)/t13-/m1/s1. The van der Waals surface area contributed by atoms with Crippen molar-refractivity contribution in [2.24, 2.45) is 20.0 Å². The van der Waals surface area contributed by atoms with Crippen LogP contribution in [0.5, 0.6) is 0 Å². The maximum Gasteiger partial charge on any atom is 0.328 e. The molecule has 0 bridgehead atoms. The van der Waals surface area contributed by atoms with Gasteiger partial charge in [0.05, 0.1) is 0 Å². The highest BCUT2D eigenvalue weighted by Gasteiger charge is 2.28. The van der Waals surface area contributed by atoms with Gasteiger partial charge in [-0.3, -0.25) is 19.1 Å². The number of nitrogens with zero attached hydrogens (tertiary/aromatic N) is 4. The van der Waals surface area contributed by atoms with E-state index in [9.17, 15) is 14.4 Å². The van der Waals surface area contributed by atoms with Gasteiger partial charge in [0.2, 0.25) is 0 Å². The van der Waals surface area contributed by atoms with Crippen LogP contribution in [0.2, 0.25) is 0 Å². The molecule has 1 fully saturated rings. The van der Waals surface area contributed by atoms with Gasteiger partial charge in [-0.2, -0.15) is 0 Å². The largest absolute Gasteiger partial charge is 0.348 e. The quantitative estimate of drug-likeness (QED) is 0.861. The predicted molar refractivity (Wildman–Crippen MR) is 100 cm³/mol. The van der Waals surface area contributed by atoms with Crippen molar-refractivity contribution < 1.29 is 9.59 Å². The third-order valence-electron chi connectivity index (χ3n) is 5.28. The van der Waals surface area contributed by atoms with Gasteiger partial charge in [0, 0.05) is 45.6 Å². The van der Waals surface area contributed by atoms with E-state index in [1.165, 1.54) is 9.13 Å². The first-order valence-electron chi connectivity index (χ1n) is 9.12. The Bertz CT molecular complexity index is 878. The van der Waals surface area contributed by atoms with E-state index in [4.69, 9.17) is 0 Å². The fraction of sp³-hybridized carbons (Fsp3) is 0.474. The van der Waals surface area contributed by atoms with Crippen LogP contribution < -0.4 is 11.0 Å². The van der Waals surface area contributed by atoms with Crippen LogP contribution >= 0.6 is 0 Å². The molecule has 2 aromatic heterocycles. The molecule has 0 aliphatic carbocycles. The second kappa shape index (κ2) is 7.77. The summed E-state index contributed by atoms with van der Waals surface area (Å²) < 4.78 is 2.73. The van der Waals surface area contributed by atoms with E-state index in [2.05, 4.69) is 10.3 Å². The number of aryl methyl sites for hydroxylation is 1. The van der Waals surface area contributed by atoms with Gasteiger partial charge in [-0.25, -0.2) is 4.79 Å². The molecule has 1 N–H and O–H groups in total. The summed E-state index contributed by atoms with van der Waals surface area (Å²) in [7, 11) is 3.21. The zero-order chi connectivity index (χ0) is 19.6. The molecule has 27 heavy (non-hydrogen) atoms. The Balaban J connectivity index is 1.56. The summed E-state index contributed by atoms with van der Waals surface area (Å²) in [5.74, 6) is -0.0258. The van der Waals surface area contributed by atoms with E-state index < -0.39 is 0 Å². The van der Waals surface area contributed by atoms with Crippen molar-refractivity contribution in [3.8, 4) is 0 Å². The minimum Gasteiger partial charge on any atom is -0.348 e. The fourth-order valence-electron chi connectivity index (χ4n) is 3.53. The number of hydrogen-bond donors (Lipinski definition) is 1. The highest BCUT2D eigenvalue weighted by Crippen LogP contribution is 2.22. The smallest absolute Gasteiger partial charge is 0.328 e. The highest BCUT2D eigenvalue weighted by atomic mass is 16.2. The Morgan fingerprint density at radius 2 is 1.93 bits per heavy atom. The molecule has 0 aromatic carbocycles. The number of hydrogen-bond acceptors (Lipinski definition) is 4. The lowest BCUT2D eigenvalue weighted by atomic mass is 9.90. The van der Waals surface area contributed by atoms with Gasteiger partial charge in [-0.1, -0.05) is 6.07 Å². The number of amides is 2. The molecule has 3 rings (SSSR count). The molecule has 144 valence electrons. The van der Waals surface area contributed by atoms with Crippen molar-refractivity contribution in [2.75, 3.05) is 13.1 Å². The number of carbonyl (C=O) groups is 2. The number of aromatic nitrogens is 3. The van der Waals surface area contributed by atoms with Crippen molar-refractivity contribution >= 4 is 11.8 Å². The van der Waals surface area contributed by atoms with Gasteiger partial charge in [0.1, 0.15) is 11.4 Å². The van der Waals surface area contributed by atoms with Crippen LogP contribution in [0.4, 0.5) is 0 Å². The van der Waals surface area contributed by atoms with Crippen LogP contribution in [0, 0.1) is 5.92 Å². The Morgan fingerprint density at radius 1 is 1.22 bits per heavy atom. The predicted octanol–water partition coefficient (Wildman–Crippen LogP) is 0.790. The second-order valence-corrected chi connectivity index (χ2v) is 7.07. The third kappa shape index (κ3) is 3.94. The molecule has 8 heteroatoms. The van der Waals surface area contributed by atoms with Gasteiger partial charge >= 0.3 is 5.69 Å². The normalized spacial score (nSPS) is 16.2. The zero-order valence-electron chi connectivity index (χ0n) is 15.9. The maximum atomic E-state index is 12.5. The van der Waals surface area contributed by atoms with Gasteiger partial charge < -0.3 is 14.8 Å². The fourth-order valence-corrected chi connectivity index (χ4v) is 3.53. The molecule has 1 aliphatic heterocycles. The Kier molecular flexibility index (Phi) is 5.43. The maximum absolute atomic E-state index is 12.5. The van der Waals surface area contributed by atoms with Gasteiger partial charge in [-0.05, 0) is 37.8 Å². The molecule has 1 atom stereocenters. The zero-order valence-corrected chi connectivity index (χ0v) is 15.9. The van der Waals surface area contributed by atoms with Gasteiger partial charge in [0.25, 0.3) is 11.8 Å². The number of piperidine rings is 1. The molecular weight excluding hydrogens is 346 g/mol. The summed E-state index contributed by atoms with van der Waals surface area (Å²) in [6.45, 7) is 3.26. The van der Waals surface area contributed by atoms with Crippen LogP contribution in [0.1, 0.15) is 40.7 Å². The molecule has 2 aromatic rings. The first kappa shape index (κ1) is 18.9. The average Bonchev–Trinajstić information content (AvgIpc) is 2.95. The van der Waals surface area contributed by atoms with E-state index >= 15 is 0 Å². The Labute approximate surface area is 157 Å². The third-order valence-corrected chi connectivity index (χ3v) is 5.28. The first-order valence-corrected chi connectivity index (χ1v) is 9.12. The molecule has 0 unspecified atom stereocenters. The van der Waals surface area contributed by atoms with E-state index in [0.29, 0.717) is 24.5 Å². The minimum absolute atomic E-state index is 0.0417. The van der Waals surface area contributed by atoms with Crippen LogP contribution in [-0.4, -0.2) is 50.0 Å². The highest BCUT2D eigenvalue weighted by molar-refractivity contribution is 5.93. The average molecular weight is 371 g/mol. The summed E-state index contributed by atoms with van der Waals surface area (Å²) in [4.78, 5) is 42.7. The summed E-state index contributed by atoms with van der Waals surface area (Å²) in [6.07, 6.45) is 4.79. The molecule has 0 radical (unpaired) electrons. The molecule has 0 saturated carbocycles. The van der Waals surface area contributed by atoms with Crippen LogP contribution in [0.15, 0.2) is 35.4 Å². The van der Waals surface area contributed by atoms with Gasteiger partial charge in [0.15, 0.2) is 0 Å². The topological polar surface area (TPSA) is 89.2 Å². The molecule has 2 amide bonds. The molecular formula is C19H25N5O3. The van der Waals surface area contributed by atoms with E-state index in [1.54, 1.807) is 38.6 Å². The lowest BCUT2D eigenvalue weighted by Gasteiger charge is -2.35. The molecule has 1 saturated heterocycles. The Hall–Kier alpha value is -2.90.